The number of carbonyl (C=O) groups excluding carboxylic acids is 2. The lowest BCUT2D eigenvalue weighted by Crippen LogP contribution is -2.41. The number of carbonyl (C=O) groups is 2. The molecule has 0 aromatic heterocycles. The second kappa shape index (κ2) is 6.13. The van der Waals surface area contributed by atoms with Gasteiger partial charge in [0.25, 0.3) is 0 Å². The van der Waals surface area contributed by atoms with Gasteiger partial charge in [-0.2, -0.15) is 0 Å². The summed E-state index contributed by atoms with van der Waals surface area (Å²) in [6, 6.07) is 21.8. The minimum absolute atomic E-state index is 0.0830. The fraction of sp³-hybridized carbons (Fsp3) is 0.167. The van der Waals surface area contributed by atoms with Gasteiger partial charge in [0.2, 0.25) is 11.8 Å². The van der Waals surface area contributed by atoms with Gasteiger partial charge >= 0.3 is 0 Å². The summed E-state index contributed by atoms with van der Waals surface area (Å²) in [7, 11) is 0. The van der Waals surface area contributed by atoms with Crippen molar-refractivity contribution >= 4 is 49.4 Å². The van der Waals surface area contributed by atoms with Gasteiger partial charge in [0, 0.05) is 20.8 Å². The third-order valence-corrected chi connectivity index (χ3v) is 7.56. The Morgan fingerprint density at radius 1 is 0.621 bits per heavy atom. The van der Waals surface area contributed by atoms with E-state index in [2.05, 4.69) is 56.1 Å². The first-order chi connectivity index (χ1) is 14.1. The lowest BCUT2D eigenvalue weighted by Gasteiger charge is -2.46. The third kappa shape index (κ3) is 2.29. The molecule has 4 atom stereocenters. The molecule has 3 aliphatic carbocycles. The fourth-order valence-corrected chi connectivity index (χ4v) is 6.31. The largest absolute Gasteiger partial charge is 0.274 e. The van der Waals surface area contributed by atoms with Crippen LogP contribution in [-0.2, 0) is 9.59 Å². The van der Waals surface area contributed by atoms with Gasteiger partial charge in [0.1, 0.15) is 0 Å². The summed E-state index contributed by atoms with van der Waals surface area (Å²) >= 11 is 7.18. The Hall–Kier alpha value is -2.24. The molecule has 1 heterocycles. The number of amides is 2. The lowest BCUT2D eigenvalue weighted by atomic mass is 9.55. The van der Waals surface area contributed by atoms with Crippen LogP contribution in [0.4, 0.5) is 5.69 Å². The normalized spacial score (nSPS) is 26.3. The fourth-order valence-electron chi connectivity index (χ4n) is 5.55. The van der Waals surface area contributed by atoms with E-state index < -0.39 is 0 Å². The number of anilines is 1. The maximum atomic E-state index is 13.6. The van der Waals surface area contributed by atoms with E-state index >= 15 is 0 Å². The molecule has 2 bridgehead atoms. The van der Waals surface area contributed by atoms with E-state index in [0.717, 1.165) is 20.1 Å². The van der Waals surface area contributed by atoms with Gasteiger partial charge in [-0.3, -0.25) is 9.59 Å². The Bertz CT molecular complexity index is 1130. The van der Waals surface area contributed by atoms with Gasteiger partial charge in [0.15, 0.2) is 0 Å². The van der Waals surface area contributed by atoms with Crippen molar-refractivity contribution in [3.05, 3.63) is 97.9 Å². The SMILES string of the molecule is O=C1C2C(C(=O)N1c1ccccc1)[C@@H]1c3ccc(Br)cc3[C@H]2c2ccc(Br)cc21. The van der Waals surface area contributed by atoms with Crippen molar-refractivity contribution in [3.63, 3.8) is 0 Å². The van der Waals surface area contributed by atoms with Crippen molar-refractivity contribution in [3.8, 4) is 0 Å². The molecule has 0 spiro atoms. The van der Waals surface area contributed by atoms with Crippen molar-refractivity contribution in [2.75, 3.05) is 4.90 Å². The zero-order valence-corrected chi connectivity index (χ0v) is 18.4. The number of rotatable bonds is 1. The highest BCUT2D eigenvalue weighted by Crippen LogP contribution is 2.61. The summed E-state index contributed by atoms with van der Waals surface area (Å²) in [5.74, 6) is -1.09. The molecule has 0 saturated carbocycles. The summed E-state index contributed by atoms with van der Waals surface area (Å²) < 4.78 is 1.99. The minimum Gasteiger partial charge on any atom is -0.274 e. The molecule has 1 saturated heterocycles. The van der Waals surface area contributed by atoms with E-state index in [9.17, 15) is 9.59 Å². The molecule has 3 nitrogen and oxygen atoms in total. The van der Waals surface area contributed by atoms with Gasteiger partial charge in [-0.15, -0.1) is 0 Å². The first-order valence-electron chi connectivity index (χ1n) is 9.58. The quantitative estimate of drug-likeness (QED) is 0.401. The van der Waals surface area contributed by atoms with Crippen LogP contribution in [0.3, 0.4) is 0 Å². The maximum Gasteiger partial charge on any atom is 0.238 e. The molecule has 1 fully saturated rings. The zero-order valence-electron chi connectivity index (χ0n) is 15.2. The average Bonchev–Trinajstić information content (AvgIpc) is 2.99. The molecule has 7 rings (SSSR count). The summed E-state index contributed by atoms with van der Waals surface area (Å²) in [6.07, 6.45) is 0. The molecular formula is C24H15Br2NO2. The Kier molecular flexibility index (Phi) is 3.72. The predicted molar refractivity (Wildman–Crippen MR) is 118 cm³/mol. The van der Waals surface area contributed by atoms with Crippen LogP contribution >= 0.6 is 31.9 Å². The monoisotopic (exact) mass is 507 g/mol. The standard InChI is InChI=1S/C24H15Br2NO2/c25-12-6-8-15-17(10-12)20-16-9-7-13(26)11-18(16)19(15)21-22(20)24(29)27(23(21)28)14-4-2-1-3-5-14/h1-11,19-22H/t19-,20-,21?,22?/m1/s1. The second-order valence-electron chi connectivity index (χ2n) is 7.90. The Morgan fingerprint density at radius 3 is 1.59 bits per heavy atom. The number of nitrogens with zero attached hydrogens (tertiary/aromatic N) is 1. The lowest BCUT2D eigenvalue weighted by molar-refractivity contribution is -0.122. The van der Waals surface area contributed by atoms with Crippen LogP contribution in [0.25, 0.3) is 0 Å². The van der Waals surface area contributed by atoms with Crippen molar-refractivity contribution in [2.24, 2.45) is 11.8 Å². The van der Waals surface area contributed by atoms with Gasteiger partial charge in [-0.1, -0.05) is 62.2 Å². The second-order valence-corrected chi connectivity index (χ2v) is 9.73. The molecule has 0 N–H and O–H groups in total. The van der Waals surface area contributed by atoms with Crippen LogP contribution in [0.2, 0.25) is 0 Å². The average molecular weight is 509 g/mol. The van der Waals surface area contributed by atoms with Crippen LogP contribution in [0, 0.1) is 11.8 Å². The Labute approximate surface area is 185 Å². The molecule has 4 aliphatic rings. The number of hydrogen-bond donors (Lipinski definition) is 0. The van der Waals surface area contributed by atoms with Gasteiger partial charge < -0.3 is 0 Å². The van der Waals surface area contributed by atoms with Crippen LogP contribution in [0.15, 0.2) is 75.7 Å². The molecule has 1 aliphatic heterocycles. The molecule has 29 heavy (non-hydrogen) atoms. The molecule has 5 heteroatoms. The van der Waals surface area contributed by atoms with Crippen molar-refractivity contribution < 1.29 is 9.59 Å². The number of halogens is 2. The number of para-hydroxylation sites is 1. The predicted octanol–water partition coefficient (Wildman–Crippen LogP) is 5.61. The Morgan fingerprint density at radius 2 is 1.10 bits per heavy atom. The van der Waals surface area contributed by atoms with E-state index in [1.165, 1.54) is 16.0 Å². The van der Waals surface area contributed by atoms with E-state index in [1.54, 1.807) is 0 Å². The van der Waals surface area contributed by atoms with Gasteiger partial charge in [-0.25, -0.2) is 4.90 Å². The number of hydrogen-bond acceptors (Lipinski definition) is 2. The summed E-state index contributed by atoms with van der Waals surface area (Å²) in [5, 5.41) is 0. The van der Waals surface area contributed by atoms with Crippen molar-refractivity contribution in [1.29, 1.82) is 0 Å². The first-order valence-corrected chi connectivity index (χ1v) is 11.2. The van der Waals surface area contributed by atoms with E-state index in [0.29, 0.717) is 5.69 Å². The molecule has 3 aromatic rings. The van der Waals surface area contributed by atoms with Crippen LogP contribution < -0.4 is 4.90 Å². The zero-order chi connectivity index (χ0) is 19.9. The highest BCUT2D eigenvalue weighted by Gasteiger charge is 2.61. The van der Waals surface area contributed by atoms with Crippen LogP contribution in [0.1, 0.15) is 34.1 Å². The number of imide groups is 1. The van der Waals surface area contributed by atoms with E-state index in [-0.39, 0.29) is 35.5 Å². The summed E-state index contributed by atoms with van der Waals surface area (Å²) in [4.78, 5) is 28.6. The van der Waals surface area contributed by atoms with E-state index in [4.69, 9.17) is 0 Å². The minimum atomic E-state index is -0.358. The van der Waals surface area contributed by atoms with Crippen molar-refractivity contribution in [1.82, 2.24) is 0 Å². The van der Waals surface area contributed by atoms with Gasteiger partial charge in [-0.05, 0) is 58.7 Å². The summed E-state index contributed by atoms with van der Waals surface area (Å²) in [5.41, 5.74) is 5.32. The van der Waals surface area contributed by atoms with Gasteiger partial charge in [0.05, 0.1) is 17.5 Å². The van der Waals surface area contributed by atoms with E-state index in [1.807, 2.05) is 42.5 Å². The van der Waals surface area contributed by atoms with Crippen molar-refractivity contribution in [2.45, 2.75) is 11.8 Å². The molecule has 2 amide bonds. The topological polar surface area (TPSA) is 37.4 Å². The summed E-state index contributed by atoms with van der Waals surface area (Å²) in [6.45, 7) is 0. The Balaban J connectivity index is 1.60. The van der Waals surface area contributed by atoms with Crippen LogP contribution in [-0.4, -0.2) is 11.8 Å². The smallest absolute Gasteiger partial charge is 0.238 e. The molecule has 142 valence electrons. The molecular weight excluding hydrogens is 494 g/mol. The highest BCUT2D eigenvalue weighted by atomic mass is 79.9. The molecule has 3 aromatic carbocycles. The van der Waals surface area contributed by atoms with Crippen LogP contribution in [0.5, 0.6) is 0 Å². The number of benzene rings is 3. The first kappa shape index (κ1) is 17.6. The maximum absolute atomic E-state index is 13.6. The highest BCUT2D eigenvalue weighted by molar-refractivity contribution is 9.10. The third-order valence-electron chi connectivity index (χ3n) is 6.57. The molecule has 0 radical (unpaired) electrons. The molecule has 2 unspecified atom stereocenters.